The highest BCUT2D eigenvalue weighted by atomic mass is 16.2. The van der Waals surface area contributed by atoms with E-state index in [9.17, 15) is 9.59 Å². The van der Waals surface area contributed by atoms with Gasteiger partial charge in [-0.3, -0.25) is 14.3 Å². The normalized spacial score (nSPS) is 19.6. The molecule has 1 aromatic carbocycles. The summed E-state index contributed by atoms with van der Waals surface area (Å²) >= 11 is 0. The fraction of sp³-hybridized carbons (Fsp3) is 0.500. The topological polar surface area (TPSA) is 80.1 Å². The van der Waals surface area contributed by atoms with Crippen LogP contribution >= 0.6 is 0 Å². The van der Waals surface area contributed by atoms with Gasteiger partial charge in [0.2, 0.25) is 5.91 Å². The lowest BCUT2D eigenvalue weighted by Crippen LogP contribution is -2.25. The number of carbonyl (C=O) groups is 2. The van der Waals surface area contributed by atoms with Crippen molar-refractivity contribution in [2.75, 3.05) is 6.54 Å². The molecule has 7 heteroatoms. The zero-order chi connectivity index (χ0) is 19.0. The maximum atomic E-state index is 12.4. The van der Waals surface area contributed by atoms with E-state index >= 15 is 0 Å². The molecular weight excluding hydrogens is 342 g/mol. The lowest BCUT2D eigenvalue weighted by atomic mass is 10.1. The van der Waals surface area contributed by atoms with Crippen LogP contribution in [0.3, 0.4) is 0 Å². The predicted octanol–water partition coefficient (Wildman–Crippen LogP) is 1.84. The molecule has 27 heavy (non-hydrogen) atoms. The summed E-state index contributed by atoms with van der Waals surface area (Å²) in [6.07, 6.45) is 4.27. The van der Waals surface area contributed by atoms with Crippen LogP contribution in [-0.4, -0.2) is 44.3 Å². The van der Waals surface area contributed by atoms with Gasteiger partial charge in [0.1, 0.15) is 0 Å². The Morgan fingerprint density at radius 3 is 2.81 bits per heavy atom. The Balaban J connectivity index is 1.34. The molecule has 1 aromatic heterocycles. The summed E-state index contributed by atoms with van der Waals surface area (Å²) in [6, 6.07) is 6.64. The summed E-state index contributed by atoms with van der Waals surface area (Å²) in [5.74, 6) is 0.192. The first-order chi connectivity index (χ1) is 13.0. The second-order valence-electron chi connectivity index (χ2n) is 7.84. The van der Waals surface area contributed by atoms with E-state index < -0.39 is 0 Å². The van der Waals surface area contributed by atoms with Gasteiger partial charge in [-0.25, -0.2) is 0 Å². The lowest BCUT2D eigenvalue weighted by Gasteiger charge is -2.17. The molecule has 1 aliphatic carbocycles. The molecule has 4 rings (SSSR count). The van der Waals surface area contributed by atoms with E-state index in [1.54, 1.807) is 10.9 Å². The minimum Gasteiger partial charge on any atom is -0.348 e. The first-order valence-electron chi connectivity index (χ1n) is 9.53. The van der Waals surface area contributed by atoms with Crippen molar-refractivity contribution in [2.24, 2.45) is 5.92 Å². The van der Waals surface area contributed by atoms with Gasteiger partial charge in [0, 0.05) is 38.0 Å². The van der Waals surface area contributed by atoms with Gasteiger partial charge in [-0.2, -0.15) is 0 Å². The molecule has 2 fully saturated rings. The highest BCUT2D eigenvalue weighted by Gasteiger charge is 2.30. The number of benzene rings is 1. The Hall–Kier alpha value is -2.70. The Kier molecular flexibility index (Phi) is 4.68. The summed E-state index contributed by atoms with van der Waals surface area (Å²) in [5, 5.41) is 10.9. The quantitative estimate of drug-likeness (QED) is 0.845. The molecule has 1 unspecified atom stereocenters. The largest absolute Gasteiger partial charge is 0.348 e. The van der Waals surface area contributed by atoms with Crippen LogP contribution in [0.25, 0.3) is 0 Å². The van der Waals surface area contributed by atoms with E-state index in [0.29, 0.717) is 37.8 Å². The third-order valence-electron chi connectivity index (χ3n) is 5.37. The molecule has 1 N–H and O–H groups in total. The second-order valence-corrected chi connectivity index (χ2v) is 7.84. The van der Waals surface area contributed by atoms with Gasteiger partial charge in [0.25, 0.3) is 5.91 Å². The van der Waals surface area contributed by atoms with Crippen molar-refractivity contribution in [3.8, 4) is 0 Å². The van der Waals surface area contributed by atoms with Crippen molar-refractivity contribution in [2.45, 2.75) is 52.2 Å². The van der Waals surface area contributed by atoms with Crippen molar-refractivity contribution in [3.05, 3.63) is 46.8 Å². The van der Waals surface area contributed by atoms with Gasteiger partial charge in [0.15, 0.2) is 5.69 Å². The van der Waals surface area contributed by atoms with E-state index in [1.807, 2.05) is 4.90 Å². The minimum absolute atomic E-state index is 0.164. The van der Waals surface area contributed by atoms with E-state index in [1.165, 1.54) is 11.1 Å². The molecule has 2 amide bonds. The van der Waals surface area contributed by atoms with Crippen molar-refractivity contribution in [3.63, 3.8) is 0 Å². The first-order valence-corrected chi connectivity index (χ1v) is 9.53. The van der Waals surface area contributed by atoms with Gasteiger partial charge < -0.3 is 10.2 Å². The maximum absolute atomic E-state index is 12.4. The van der Waals surface area contributed by atoms with Crippen LogP contribution in [0.4, 0.5) is 0 Å². The summed E-state index contributed by atoms with van der Waals surface area (Å²) in [4.78, 5) is 26.3. The number of hydrogen-bond donors (Lipinski definition) is 1. The van der Waals surface area contributed by atoms with Gasteiger partial charge in [-0.15, -0.1) is 5.10 Å². The first kappa shape index (κ1) is 17.7. The minimum atomic E-state index is -0.164. The fourth-order valence-electron chi connectivity index (χ4n) is 3.49. The highest BCUT2D eigenvalue weighted by molar-refractivity contribution is 5.92. The summed E-state index contributed by atoms with van der Waals surface area (Å²) in [7, 11) is 0. The van der Waals surface area contributed by atoms with Crippen molar-refractivity contribution < 1.29 is 9.59 Å². The molecule has 1 aliphatic heterocycles. The monoisotopic (exact) mass is 367 g/mol. The second kappa shape index (κ2) is 7.13. The highest BCUT2D eigenvalue weighted by Crippen LogP contribution is 2.23. The number of likely N-dealkylation sites (tertiary alicyclic amines) is 1. The van der Waals surface area contributed by atoms with Gasteiger partial charge in [0.05, 0.1) is 6.20 Å². The Labute approximate surface area is 158 Å². The molecule has 1 atom stereocenters. The number of carbonyl (C=O) groups excluding carboxylic acids is 2. The number of amides is 2. The average molecular weight is 367 g/mol. The van der Waals surface area contributed by atoms with Crippen LogP contribution in [0.15, 0.2) is 24.4 Å². The number of nitrogens with zero attached hydrogens (tertiary/aromatic N) is 4. The molecule has 7 nitrogen and oxygen atoms in total. The van der Waals surface area contributed by atoms with Crippen LogP contribution < -0.4 is 5.32 Å². The molecule has 142 valence electrons. The number of aromatic nitrogens is 3. The lowest BCUT2D eigenvalue weighted by molar-refractivity contribution is -0.128. The van der Waals surface area contributed by atoms with Gasteiger partial charge in [-0.1, -0.05) is 23.4 Å². The molecule has 0 spiro atoms. The van der Waals surface area contributed by atoms with Crippen LogP contribution in [0.5, 0.6) is 0 Å². The van der Waals surface area contributed by atoms with Crippen LogP contribution in [0.2, 0.25) is 0 Å². The fourth-order valence-corrected chi connectivity index (χ4v) is 3.49. The third-order valence-corrected chi connectivity index (χ3v) is 5.37. The van der Waals surface area contributed by atoms with Crippen LogP contribution in [0.1, 0.15) is 46.4 Å². The smallest absolute Gasteiger partial charge is 0.273 e. The van der Waals surface area contributed by atoms with E-state index in [4.69, 9.17) is 0 Å². The Bertz CT molecular complexity index is 871. The van der Waals surface area contributed by atoms with E-state index in [-0.39, 0.29) is 17.7 Å². The van der Waals surface area contributed by atoms with E-state index in [0.717, 1.165) is 18.4 Å². The average Bonchev–Trinajstić information content (AvgIpc) is 3.20. The zero-order valence-corrected chi connectivity index (χ0v) is 15.8. The SMILES string of the molecule is Cc1ccc(CN2CC(Cn3cc(C(=O)NC4CC4)nn3)CC2=O)cc1C. The molecule has 1 saturated heterocycles. The third kappa shape index (κ3) is 4.18. The summed E-state index contributed by atoms with van der Waals surface area (Å²) < 4.78 is 1.68. The summed E-state index contributed by atoms with van der Waals surface area (Å²) in [6.45, 7) is 6.12. The predicted molar refractivity (Wildman–Crippen MR) is 100.0 cm³/mol. The van der Waals surface area contributed by atoms with Gasteiger partial charge in [-0.05, 0) is 43.4 Å². The molecular formula is C20H25N5O2. The molecule has 2 aliphatic rings. The molecule has 2 aromatic rings. The molecule has 0 bridgehead atoms. The van der Waals surface area contributed by atoms with Crippen molar-refractivity contribution >= 4 is 11.8 Å². The maximum Gasteiger partial charge on any atom is 0.273 e. The molecule has 1 saturated carbocycles. The molecule has 2 heterocycles. The van der Waals surface area contributed by atoms with Crippen molar-refractivity contribution in [1.82, 2.24) is 25.2 Å². The van der Waals surface area contributed by atoms with Crippen LogP contribution in [-0.2, 0) is 17.9 Å². The standard InChI is InChI=1S/C20H25N5O2/c1-13-3-4-15(7-14(13)2)9-24-10-16(8-19(24)26)11-25-12-18(22-23-25)20(27)21-17-5-6-17/h3-4,7,12,16-17H,5-6,8-11H2,1-2H3,(H,21,27). The Morgan fingerprint density at radius 1 is 1.26 bits per heavy atom. The van der Waals surface area contributed by atoms with Gasteiger partial charge >= 0.3 is 0 Å². The van der Waals surface area contributed by atoms with E-state index in [2.05, 4.69) is 47.7 Å². The number of hydrogen-bond acceptors (Lipinski definition) is 4. The van der Waals surface area contributed by atoms with Crippen LogP contribution in [0, 0.1) is 19.8 Å². The number of nitrogens with one attached hydrogen (secondary N) is 1. The summed E-state index contributed by atoms with van der Waals surface area (Å²) in [5.41, 5.74) is 4.01. The van der Waals surface area contributed by atoms with Crippen molar-refractivity contribution in [1.29, 1.82) is 0 Å². The number of rotatable bonds is 6. The zero-order valence-electron chi connectivity index (χ0n) is 15.8. The molecule has 0 radical (unpaired) electrons. The Morgan fingerprint density at radius 2 is 2.07 bits per heavy atom. The number of aryl methyl sites for hydroxylation is 2.